The molecule has 0 radical (unpaired) electrons. The Hall–Kier alpha value is -2.33. The zero-order valence-electron chi connectivity index (χ0n) is 12.5. The van der Waals surface area contributed by atoms with Crippen molar-refractivity contribution in [1.82, 2.24) is 5.43 Å². The van der Waals surface area contributed by atoms with E-state index in [0.29, 0.717) is 10.8 Å². The van der Waals surface area contributed by atoms with Crippen molar-refractivity contribution in [2.24, 2.45) is 5.10 Å². The molecule has 1 N–H and O–H groups in total. The summed E-state index contributed by atoms with van der Waals surface area (Å²) < 4.78 is 5.47. The van der Waals surface area contributed by atoms with Crippen molar-refractivity contribution in [2.45, 2.75) is 13.8 Å². The number of amides is 1. The van der Waals surface area contributed by atoms with Gasteiger partial charge in [0.1, 0.15) is 5.75 Å². The number of nitrogens with zero attached hydrogens (tertiary/aromatic N) is 1. The smallest absolute Gasteiger partial charge is 0.277 e. The molecule has 0 fully saturated rings. The van der Waals surface area contributed by atoms with Gasteiger partial charge >= 0.3 is 0 Å². The average molecular weight is 317 g/mol. The minimum Gasteiger partial charge on any atom is -0.483 e. The molecule has 22 heavy (non-hydrogen) atoms. The van der Waals surface area contributed by atoms with Gasteiger partial charge in [-0.3, -0.25) is 4.79 Å². The highest BCUT2D eigenvalue weighted by Gasteiger charge is 2.04. The maximum absolute atomic E-state index is 11.7. The lowest BCUT2D eigenvalue weighted by Gasteiger charge is -2.08. The van der Waals surface area contributed by atoms with Gasteiger partial charge in [-0.15, -0.1) is 0 Å². The van der Waals surface area contributed by atoms with Crippen LogP contribution < -0.4 is 10.2 Å². The van der Waals surface area contributed by atoms with Crippen molar-refractivity contribution >= 4 is 23.7 Å². The molecule has 4 nitrogen and oxygen atoms in total. The topological polar surface area (TPSA) is 50.7 Å². The molecule has 0 unspecified atom stereocenters. The summed E-state index contributed by atoms with van der Waals surface area (Å²) >= 11 is 5.79. The largest absolute Gasteiger partial charge is 0.483 e. The van der Waals surface area contributed by atoms with Gasteiger partial charge in [-0.25, -0.2) is 5.43 Å². The Morgan fingerprint density at radius 1 is 1.23 bits per heavy atom. The van der Waals surface area contributed by atoms with Crippen LogP contribution in [0.2, 0.25) is 5.02 Å². The lowest BCUT2D eigenvalue weighted by Crippen LogP contribution is -2.24. The van der Waals surface area contributed by atoms with E-state index in [0.717, 1.165) is 16.7 Å². The fourth-order valence-electron chi connectivity index (χ4n) is 1.86. The molecule has 0 heterocycles. The van der Waals surface area contributed by atoms with E-state index >= 15 is 0 Å². The lowest BCUT2D eigenvalue weighted by atomic mass is 10.1. The number of carbonyl (C=O) groups excluding carboxylic acids is 1. The van der Waals surface area contributed by atoms with Crippen LogP contribution in [0.25, 0.3) is 0 Å². The Morgan fingerprint density at radius 2 is 1.95 bits per heavy atom. The molecule has 0 aromatic heterocycles. The highest BCUT2D eigenvalue weighted by molar-refractivity contribution is 6.30. The summed E-state index contributed by atoms with van der Waals surface area (Å²) in [6.45, 7) is 3.87. The molecule has 0 aliphatic carbocycles. The number of aryl methyl sites for hydroxylation is 2. The summed E-state index contributed by atoms with van der Waals surface area (Å²) in [6, 6.07) is 12.9. The minimum atomic E-state index is -0.315. The number of rotatable bonds is 5. The number of hydrogen-bond donors (Lipinski definition) is 1. The van der Waals surface area contributed by atoms with Crippen LogP contribution in [-0.4, -0.2) is 18.7 Å². The van der Waals surface area contributed by atoms with Gasteiger partial charge in [0.05, 0.1) is 6.21 Å². The van der Waals surface area contributed by atoms with Crippen molar-refractivity contribution in [2.75, 3.05) is 6.61 Å². The fourth-order valence-corrected chi connectivity index (χ4v) is 1.99. The molecule has 2 rings (SSSR count). The van der Waals surface area contributed by atoms with Gasteiger partial charge < -0.3 is 4.74 Å². The highest BCUT2D eigenvalue weighted by Crippen LogP contribution is 2.18. The maximum atomic E-state index is 11.7. The fraction of sp³-hybridized carbons (Fsp3) is 0.176. The molecule has 2 aromatic carbocycles. The van der Waals surface area contributed by atoms with Crippen molar-refractivity contribution in [3.8, 4) is 5.75 Å². The van der Waals surface area contributed by atoms with Crippen molar-refractivity contribution in [3.05, 3.63) is 64.2 Å². The Labute approximate surface area is 134 Å². The third-order valence-electron chi connectivity index (χ3n) is 2.96. The summed E-state index contributed by atoms with van der Waals surface area (Å²) in [5.41, 5.74) is 5.42. The van der Waals surface area contributed by atoms with E-state index in [1.54, 1.807) is 18.3 Å². The van der Waals surface area contributed by atoms with E-state index in [-0.39, 0.29) is 12.5 Å². The zero-order valence-corrected chi connectivity index (χ0v) is 13.2. The molecular weight excluding hydrogens is 300 g/mol. The van der Waals surface area contributed by atoms with Gasteiger partial charge in [0.2, 0.25) is 0 Å². The number of ether oxygens (including phenoxy) is 1. The number of halogens is 1. The highest BCUT2D eigenvalue weighted by atomic mass is 35.5. The van der Waals surface area contributed by atoms with Gasteiger partial charge in [0.15, 0.2) is 6.61 Å². The molecule has 0 atom stereocenters. The second-order valence-corrected chi connectivity index (χ2v) is 5.34. The lowest BCUT2D eigenvalue weighted by molar-refractivity contribution is -0.123. The number of hydrogen-bond acceptors (Lipinski definition) is 3. The molecule has 0 bridgehead atoms. The van der Waals surface area contributed by atoms with Crippen molar-refractivity contribution in [1.29, 1.82) is 0 Å². The van der Waals surface area contributed by atoms with Gasteiger partial charge in [-0.1, -0.05) is 41.4 Å². The predicted molar refractivity (Wildman–Crippen MR) is 88.6 cm³/mol. The molecule has 114 valence electrons. The molecule has 5 heteroatoms. The summed E-state index contributed by atoms with van der Waals surface area (Å²) in [5, 5.41) is 4.53. The molecular formula is C17H17ClN2O2. The molecule has 0 saturated heterocycles. The van der Waals surface area contributed by atoms with E-state index in [9.17, 15) is 4.79 Å². The van der Waals surface area contributed by atoms with Gasteiger partial charge in [-0.05, 0) is 43.2 Å². The summed E-state index contributed by atoms with van der Waals surface area (Å²) in [5.74, 6) is 0.382. The van der Waals surface area contributed by atoms with Crippen LogP contribution in [0.15, 0.2) is 47.6 Å². The monoisotopic (exact) mass is 316 g/mol. The molecule has 0 aliphatic heterocycles. The summed E-state index contributed by atoms with van der Waals surface area (Å²) in [7, 11) is 0. The average Bonchev–Trinajstić information content (AvgIpc) is 2.48. The maximum Gasteiger partial charge on any atom is 0.277 e. The van der Waals surface area contributed by atoms with Crippen LogP contribution in [0.4, 0.5) is 0 Å². The van der Waals surface area contributed by atoms with E-state index in [2.05, 4.69) is 10.5 Å². The number of hydrazone groups is 1. The first-order valence-corrected chi connectivity index (χ1v) is 7.20. The van der Waals surface area contributed by atoms with Crippen LogP contribution in [0.1, 0.15) is 16.7 Å². The first kappa shape index (κ1) is 16.0. The quantitative estimate of drug-likeness (QED) is 0.678. The SMILES string of the molecule is Cc1ccc(OCC(=O)NN=Cc2ccc(Cl)cc2)c(C)c1. The van der Waals surface area contributed by atoms with Crippen LogP contribution >= 0.6 is 11.6 Å². The van der Waals surface area contributed by atoms with Crippen LogP contribution in [0.5, 0.6) is 5.75 Å². The second kappa shape index (κ2) is 7.61. The van der Waals surface area contributed by atoms with Crippen molar-refractivity contribution < 1.29 is 9.53 Å². The Kier molecular flexibility index (Phi) is 5.55. The van der Waals surface area contributed by atoms with E-state index in [4.69, 9.17) is 16.3 Å². The van der Waals surface area contributed by atoms with Gasteiger partial charge in [0.25, 0.3) is 5.91 Å². The van der Waals surface area contributed by atoms with E-state index in [1.165, 1.54) is 0 Å². The third-order valence-corrected chi connectivity index (χ3v) is 3.21. The zero-order chi connectivity index (χ0) is 15.9. The standard InChI is InChI=1S/C17H17ClN2O2/c1-12-3-8-16(13(2)9-12)22-11-17(21)20-19-10-14-4-6-15(18)7-5-14/h3-10H,11H2,1-2H3,(H,20,21). The summed E-state index contributed by atoms with van der Waals surface area (Å²) in [4.78, 5) is 11.7. The number of carbonyl (C=O) groups is 1. The molecule has 0 saturated carbocycles. The van der Waals surface area contributed by atoms with Crippen LogP contribution in [0.3, 0.4) is 0 Å². The minimum absolute atomic E-state index is 0.0815. The van der Waals surface area contributed by atoms with Gasteiger partial charge in [0, 0.05) is 5.02 Å². The molecule has 2 aromatic rings. The van der Waals surface area contributed by atoms with E-state index < -0.39 is 0 Å². The number of nitrogens with one attached hydrogen (secondary N) is 1. The van der Waals surface area contributed by atoms with E-state index in [1.807, 2.05) is 44.2 Å². The predicted octanol–water partition coefficient (Wildman–Crippen LogP) is 3.49. The van der Waals surface area contributed by atoms with Crippen LogP contribution in [0, 0.1) is 13.8 Å². The van der Waals surface area contributed by atoms with Crippen molar-refractivity contribution in [3.63, 3.8) is 0 Å². The Balaban J connectivity index is 1.81. The number of benzene rings is 2. The second-order valence-electron chi connectivity index (χ2n) is 4.90. The summed E-state index contributed by atoms with van der Waals surface area (Å²) in [6.07, 6.45) is 1.55. The normalized spacial score (nSPS) is 10.7. The first-order valence-electron chi connectivity index (χ1n) is 6.82. The third kappa shape index (κ3) is 4.90. The Morgan fingerprint density at radius 3 is 2.64 bits per heavy atom. The van der Waals surface area contributed by atoms with Gasteiger partial charge in [-0.2, -0.15) is 5.10 Å². The van der Waals surface area contributed by atoms with Crippen LogP contribution in [-0.2, 0) is 4.79 Å². The molecule has 0 spiro atoms. The Bertz CT molecular complexity index is 682. The molecule has 1 amide bonds. The molecule has 0 aliphatic rings. The first-order chi connectivity index (χ1) is 10.5.